The number of sulfonamides is 1. The van der Waals surface area contributed by atoms with Crippen molar-refractivity contribution >= 4 is 39.4 Å². The van der Waals surface area contributed by atoms with Crippen LogP contribution in [0.4, 0.5) is 29.2 Å². The van der Waals surface area contributed by atoms with Gasteiger partial charge in [0.15, 0.2) is 0 Å². The van der Waals surface area contributed by atoms with E-state index in [4.69, 9.17) is 0 Å². The van der Waals surface area contributed by atoms with Gasteiger partial charge in [0.1, 0.15) is 18.4 Å². The van der Waals surface area contributed by atoms with Crippen molar-refractivity contribution in [3.05, 3.63) is 83.6 Å². The third-order valence-electron chi connectivity index (χ3n) is 10.9. The smallest absolute Gasteiger partial charge is 0.367 e. The number of rotatable bonds is 10. The number of hydrogen-bond acceptors (Lipinski definition) is 11. The molecule has 15 nitrogen and oxygen atoms in total. The van der Waals surface area contributed by atoms with Crippen LogP contribution in [0.3, 0.4) is 0 Å². The van der Waals surface area contributed by atoms with Crippen LogP contribution < -0.4 is 15.5 Å². The fourth-order valence-corrected chi connectivity index (χ4v) is 9.47. The van der Waals surface area contributed by atoms with Crippen LogP contribution in [0.1, 0.15) is 52.0 Å². The Balaban J connectivity index is 0.846. The van der Waals surface area contributed by atoms with Crippen LogP contribution in [0.25, 0.3) is 11.3 Å². The van der Waals surface area contributed by atoms with Crippen LogP contribution in [-0.4, -0.2) is 124 Å². The summed E-state index contributed by atoms with van der Waals surface area (Å²) in [5.41, 5.74) is 1.85. The summed E-state index contributed by atoms with van der Waals surface area (Å²) < 4.78 is 83.5. The zero-order valence-corrected chi connectivity index (χ0v) is 32.0. The molecule has 0 spiro atoms. The monoisotopic (exact) mass is 824 g/mol. The lowest BCUT2D eigenvalue weighted by molar-refractivity contribution is -0.142. The number of amides is 3. The predicted molar refractivity (Wildman–Crippen MR) is 202 cm³/mol. The Morgan fingerprint density at radius 1 is 0.914 bits per heavy atom. The lowest BCUT2D eigenvalue weighted by Crippen LogP contribution is -2.52. The Morgan fingerprint density at radius 3 is 2.38 bits per heavy atom. The number of alkyl halides is 3. The van der Waals surface area contributed by atoms with E-state index in [9.17, 15) is 36.0 Å². The molecule has 2 aromatic carbocycles. The number of hydrogen-bond donors (Lipinski definition) is 2. The first kappa shape index (κ1) is 39.4. The first-order valence-electron chi connectivity index (χ1n) is 19.0. The molecule has 20 heteroatoms. The van der Waals surface area contributed by atoms with Gasteiger partial charge in [-0.3, -0.25) is 28.9 Å². The van der Waals surface area contributed by atoms with Gasteiger partial charge >= 0.3 is 6.18 Å². The number of nitrogens with one attached hydrogen (secondary N) is 2. The van der Waals surface area contributed by atoms with E-state index in [1.54, 1.807) is 24.3 Å². The maximum absolute atomic E-state index is 15.4. The van der Waals surface area contributed by atoms with Crippen LogP contribution in [-0.2, 0) is 27.9 Å². The number of halogens is 4. The van der Waals surface area contributed by atoms with E-state index >= 15 is 4.39 Å². The second-order valence-electron chi connectivity index (χ2n) is 14.8. The molecule has 6 heterocycles. The van der Waals surface area contributed by atoms with Crippen LogP contribution in [0.5, 0.6) is 0 Å². The number of piperazine rings is 1. The molecule has 0 radical (unpaired) electrons. The average molecular weight is 825 g/mol. The third-order valence-corrected chi connectivity index (χ3v) is 12.8. The molecule has 1 atom stereocenters. The number of anilines is 2. The maximum Gasteiger partial charge on any atom is 0.408 e. The van der Waals surface area contributed by atoms with E-state index < -0.39 is 52.3 Å². The lowest BCUT2D eigenvalue weighted by atomic mass is 10.1. The van der Waals surface area contributed by atoms with Crippen LogP contribution >= 0.6 is 0 Å². The van der Waals surface area contributed by atoms with E-state index in [1.807, 2.05) is 11.0 Å². The molecule has 4 aromatic rings. The van der Waals surface area contributed by atoms with Crippen molar-refractivity contribution < 1.29 is 40.4 Å². The topological polar surface area (TPSA) is 166 Å². The first-order valence-corrected chi connectivity index (χ1v) is 20.4. The Kier molecular flexibility index (Phi) is 10.7. The highest BCUT2D eigenvalue weighted by atomic mass is 32.2. The number of aromatic nitrogens is 4. The Morgan fingerprint density at radius 2 is 1.66 bits per heavy atom. The highest BCUT2D eigenvalue weighted by Crippen LogP contribution is 2.33. The molecule has 3 fully saturated rings. The van der Waals surface area contributed by atoms with Crippen molar-refractivity contribution in [2.24, 2.45) is 0 Å². The molecule has 0 aliphatic carbocycles. The number of nitrogens with zero attached hydrogens (tertiary/aromatic N) is 8. The molecule has 4 aliphatic heterocycles. The molecule has 3 amide bonds. The number of benzene rings is 2. The molecule has 2 N–H and O–H groups in total. The number of carbonyl (C=O) groups is 3. The Labute approximate surface area is 331 Å². The quantitative estimate of drug-likeness (QED) is 0.178. The zero-order valence-electron chi connectivity index (χ0n) is 31.2. The summed E-state index contributed by atoms with van der Waals surface area (Å²) in [7, 11) is -3.81. The molecule has 2 aromatic heterocycles. The van der Waals surface area contributed by atoms with Gasteiger partial charge in [0.25, 0.3) is 11.8 Å². The highest BCUT2D eigenvalue weighted by molar-refractivity contribution is 7.89. The summed E-state index contributed by atoms with van der Waals surface area (Å²) in [6.45, 7) is 2.14. The minimum Gasteiger partial charge on any atom is -0.367 e. The van der Waals surface area contributed by atoms with Gasteiger partial charge < -0.3 is 15.5 Å². The van der Waals surface area contributed by atoms with E-state index in [0.29, 0.717) is 76.2 Å². The lowest BCUT2D eigenvalue weighted by Gasteiger charge is -2.36. The largest absolute Gasteiger partial charge is 0.408 e. The number of carbonyl (C=O) groups excluding carboxylic acids is 3. The van der Waals surface area contributed by atoms with Crippen molar-refractivity contribution in [1.29, 1.82) is 0 Å². The van der Waals surface area contributed by atoms with Gasteiger partial charge in [-0.25, -0.2) is 22.8 Å². The molecule has 8 rings (SSSR count). The molecular formula is C38H40F4N10O5S. The third kappa shape index (κ3) is 8.12. The van der Waals surface area contributed by atoms with Crippen molar-refractivity contribution in [2.45, 2.75) is 61.9 Å². The van der Waals surface area contributed by atoms with E-state index in [2.05, 4.69) is 30.6 Å². The normalized spacial score (nSPS) is 20.1. The average Bonchev–Trinajstić information content (AvgIpc) is 3.75. The molecular weight excluding hydrogens is 785 g/mol. The van der Waals surface area contributed by atoms with Crippen LogP contribution in [0.15, 0.2) is 66.0 Å². The standard InChI is InChI=1S/C38H40F4N10O5S/c39-30-18-28-29(36(55)52(35(28)54)32-5-2-9-43-34(32)53)19-33(30)49-15-13-48(14-16-49)21-24-3-1-4-27(17-24)58(56,57)51-11-7-26(8-12-51)46-37-44-10-6-31(47-37)25-20-45-50(22-25)23-38(40,41)42/h1,3-4,6,10,17-20,22,26,32H,2,5,7-9,11-16,21,23H2,(H,43,53)(H,44,46,47). The second kappa shape index (κ2) is 15.7. The SMILES string of the molecule is O=C1NCCCC1N1C(=O)c2cc(F)c(N3CCN(Cc4cccc(S(=O)(=O)N5CCC(Nc6nccc(-c7cnn(CC(F)(F)F)c7)n6)CC5)c4)CC3)cc2C1=O. The van der Waals surface area contributed by atoms with Crippen molar-refractivity contribution in [3.63, 3.8) is 0 Å². The summed E-state index contributed by atoms with van der Waals surface area (Å²) in [6.07, 6.45) is 1.60. The van der Waals surface area contributed by atoms with E-state index in [0.717, 1.165) is 21.2 Å². The zero-order chi connectivity index (χ0) is 40.8. The number of fused-ring (bicyclic) bond motifs is 1. The fourth-order valence-electron chi connectivity index (χ4n) is 7.93. The molecule has 58 heavy (non-hydrogen) atoms. The predicted octanol–water partition coefficient (Wildman–Crippen LogP) is 3.50. The molecule has 0 saturated carbocycles. The van der Waals surface area contributed by atoms with Gasteiger partial charge in [0.2, 0.25) is 21.9 Å². The van der Waals surface area contributed by atoms with Gasteiger partial charge in [0.05, 0.1) is 33.6 Å². The number of piperidine rings is 2. The summed E-state index contributed by atoms with van der Waals surface area (Å²) >= 11 is 0. The summed E-state index contributed by atoms with van der Waals surface area (Å²) in [6, 6.07) is 9.83. The molecule has 1 unspecified atom stereocenters. The summed E-state index contributed by atoms with van der Waals surface area (Å²) in [5, 5.41) is 9.68. The fraction of sp³-hybridized carbons (Fsp3) is 0.421. The molecule has 4 aliphatic rings. The first-order chi connectivity index (χ1) is 27.7. The van der Waals surface area contributed by atoms with E-state index in [-0.39, 0.29) is 46.8 Å². The minimum atomic E-state index is -4.40. The van der Waals surface area contributed by atoms with Gasteiger partial charge in [-0.1, -0.05) is 12.1 Å². The summed E-state index contributed by atoms with van der Waals surface area (Å²) in [5.74, 6) is -2.02. The van der Waals surface area contributed by atoms with Crippen molar-refractivity contribution in [3.8, 4) is 11.3 Å². The maximum atomic E-state index is 15.4. The van der Waals surface area contributed by atoms with Gasteiger partial charge in [-0.2, -0.15) is 22.6 Å². The van der Waals surface area contributed by atoms with Crippen molar-refractivity contribution in [2.75, 3.05) is 56.0 Å². The van der Waals surface area contributed by atoms with Gasteiger partial charge in [-0.05, 0) is 61.6 Å². The molecule has 3 saturated heterocycles. The van der Waals surface area contributed by atoms with Crippen LogP contribution in [0, 0.1) is 5.82 Å². The van der Waals surface area contributed by atoms with Crippen LogP contribution in [0.2, 0.25) is 0 Å². The Hall–Kier alpha value is -5.47. The minimum absolute atomic E-state index is 0.0462. The highest BCUT2D eigenvalue weighted by Gasteiger charge is 2.44. The molecule has 0 bridgehead atoms. The van der Waals surface area contributed by atoms with Gasteiger partial charge in [0, 0.05) is 76.4 Å². The Bertz CT molecular complexity index is 2340. The van der Waals surface area contributed by atoms with Gasteiger partial charge in [-0.15, -0.1) is 0 Å². The summed E-state index contributed by atoms with van der Waals surface area (Å²) in [4.78, 5) is 52.6. The van der Waals surface area contributed by atoms with E-state index in [1.165, 1.54) is 29.0 Å². The second-order valence-corrected chi connectivity index (χ2v) is 16.8. The molecule has 306 valence electrons. The van der Waals surface area contributed by atoms with Crippen molar-refractivity contribution in [1.82, 2.24) is 39.2 Å². The number of imide groups is 1.